The molecule has 0 spiro atoms. The van der Waals surface area contributed by atoms with Crippen LogP contribution < -0.4 is 16.0 Å². The normalized spacial score (nSPS) is 27.2. The van der Waals surface area contributed by atoms with Crippen LogP contribution in [0, 0.1) is 17.6 Å². The highest BCUT2D eigenvalue weighted by Crippen LogP contribution is 2.43. The van der Waals surface area contributed by atoms with Crippen LogP contribution in [-0.2, 0) is 30.7 Å². The van der Waals surface area contributed by atoms with Crippen LogP contribution in [0.4, 0.5) is 19.3 Å². The largest absolute Gasteiger partial charge is 0.453 e. The van der Waals surface area contributed by atoms with Crippen molar-refractivity contribution in [3.63, 3.8) is 0 Å². The number of nitrogens with zero attached hydrogens (tertiary/aromatic N) is 1. The third-order valence-corrected chi connectivity index (χ3v) is 11.2. The number of benzene rings is 2. The SMILES string of the molecule is COC(=O)N[C@H](C(=O)Nc1cccc(F)c1CC[C@H]1CN[C@@H]2CCCS(=O)(=O)N1C2)[C@@H](c1ccc(F)cc1)[C@H]1C[C@@H](OC)C1. The summed E-state index contributed by atoms with van der Waals surface area (Å²) in [6, 6.07) is 8.78. The molecule has 2 bridgehead atoms. The number of amides is 2. The molecular formula is C31H40F2N4O6S. The molecule has 44 heavy (non-hydrogen) atoms. The van der Waals surface area contributed by atoms with Gasteiger partial charge in [-0.15, -0.1) is 0 Å². The molecule has 0 aromatic heterocycles. The van der Waals surface area contributed by atoms with E-state index >= 15 is 4.39 Å². The number of hydrogen-bond donors (Lipinski definition) is 3. The van der Waals surface area contributed by atoms with Crippen LogP contribution in [0.3, 0.4) is 0 Å². The monoisotopic (exact) mass is 634 g/mol. The molecule has 3 fully saturated rings. The van der Waals surface area contributed by atoms with Gasteiger partial charge in [-0.05, 0) is 74.3 Å². The first-order chi connectivity index (χ1) is 21.1. The van der Waals surface area contributed by atoms with Crippen LogP contribution >= 0.6 is 0 Å². The number of halogens is 2. The minimum atomic E-state index is -3.41. The van der Waals surface area contributed by atoms with Crippen LogP contribution in [0.2, 0.25) is 0 Å². The molecule has 1 saturated carbocycles. The zero-order valence-electron chi connectivity index (χ0n) is 24.9. The number of anilines is 1. The molecule has 240 valence electrons. The van der Waals surface area contributed by atoms with E-state index in [0.717, 1.165) is 6.42 Å². The summed E-state index contributed by atoms with van der Waals surface area (Å²) in [5.74, 6) is -2.07. The lowest BCUT2D eigenvalue weighted by Gasteiger charge is -2.42. The van der Waals surface area contributed by atoms with E-state index in [2.05, 4.69) is 16.0 Å². The quantitative estimate of drug-likeness (QED) is 0.365. The second-order valence-corrected chi connectivity index (χ2v) is 13.9. The minimum Gasteiger partial charge on any atom is -0.453 e. The van der Waals surface area contributed by atoms with E-state index < -0.39 is 45.6 Å². The number of rotatable bonds is 10. The van der Waals surface area contributed by atoms with Crippen LogP contribution in [0.15, 0.2) is 42.5 Å². The zero-order valence-corrected chi connectivity index (χ0v) is 25.7. The Morgan fingerprint density at radius 2 is 1.86 bits per heavy atom. The smallest absolute Gasteiger partial charge is 0.407 e. The van der Waals surface area contributed by atoms with Gasteiger partial charge in [0.15, 0.2) is 0 Å². The highest BCUT2D eigenvalue weighted by molar-refractivity contribution is 7.89. The lowest BCUT2D eigenvalue weighted by molar-refractivity contribution is -0.119. The summed E-state index contributed by atoms with van der Waals surface area (Å²) in [7, 11) is -0.610. The molecule has 2 aromatic carbocycles. The number of alkyl carbamates (subject to hydrolysis) is 1. The van der Waals surface area contributed by atoms with Crippen LogP contribution in [0.5, 0.6) is 0 Å². The summed E-state index contributed by atoms with van der Waals surface area (Å²) in [6.45, 7) is 0.860. The van der Waals surface area contributed by atoms with Crippen molar-refractivity contribution < 1.29 is 36.3 Å². The van der Waals surface area contributed by atoms with Gasteiger partial charge in [-0.3, -0.25) is 4.79 Å². The summed E-state index contributed by atoms with van der Waals surface area (Å²) in [5.41, 5.74) is 1.13. The maximum absolute atomic E-state index is 15.3. The third-order valence-electron chi connectivity index (χ3n) is 9.19. The summed E-state index contributed by atoms with van der Waals surface area (Å²) >= 11 is 0. The molecule has 5 atom stereocenters. The van der Waals surface area contributed by atoms with Crippen molar-refractivity contribution in [2.45, 2.75) is 68.7 Å². The molecule has 3 aliphatic rings. The fourth-order valence-corrected chi connectivity index (χ4v) is 8.52. The van der Waals surface area contributed by atoms with Gasteiger partial charge in [0.05, 0.1) is 19.0 Å². The molecule has 3 N–H and O–H groups in total. The van der Waals surface area contributed by atoms with Crippen molar-refractivity contribution in [2.75, 3.05) is 38.4 Å². The summed E-state index contributed by atoms with van der Waals surface area (Å²) in [6.07, 6.45) is 2.36. The number of methoxy groups -OCH3 is 2. The number of sulfonamides is 1. The first-order valence-electron chi connectivity index (χ1n) is 15.0. The van der Waals surface area contributed by atoms with Crippen molar-refractivity contribution in [3.8, 4) is 0 Å². The van der Waals surface area contributed by atoms with Gasteiger partial charge in [0, 0.05) is 49.5 Å². The van der Waals surface area contributed by atoms with Crippen LogP contribution in [0.25, 0.3) is 0 Å². The van der Waals surface area contributed by atoms with Gasteiger partial charge in [0.25, 0.3) is 0 Å². The van der Waals surface area contributed by atoms with Gasteiger partial charge in [-0.2, -0.15) is 4.31 Å². The van der Waals surface area contributed by atoms with E-state index in [0.29, 0.717) is 44.3 Å². The average Bonchev–Trinajstić information content (AvgIpc) is 3.09. The van der Waals surface area contributed by atoms with Crippen LogP contribution in [0.1, 0.15) is 49.1 Å². The molecule has 2 aromatic rings. The van der Waals surface area contributed by atoms with Crippen molar-refractivity contribution >= 4 is 27.7 Å². The van der Waals surface area contributed by atoms with Gasteiger partial charge in [0.1, 0.15) is 17.7 Å². The van der Waals surface area contributed by atoms with Crippen molar-refractivity contribution in [3.05, 3.63) is 65.2 Å². The van der Waals surface area contributed by atoms with E-state index in [-0.39, 0.29) is 47.5 Å². The molecule has 1 aliphatic carbocycles. The van der Waals surface area contributed by atoms with E-state index in [9.17, 15) is 22.4 Å². The highest BCUT2D eigenvalue weighted by atomic mass is 32.2. The Bertz CT molecular complexity index is 1440. The molecule has 10 nitrogen and oxygen atoms in total. The molecule has 2 saturated heterocycles. The van der Waals surface area contributed by atoms with Gasteiger partial charge >= 0.3 is 6.09 Å². The van der Waals surface area contributed by atoms with Crippen molar-refractivity contribution in [2.24, 2.45) is 5.92 Å². The topological polar surface area (TPSA) is 126 Å². The molecule has 2 aliphatic heterocycles. The lowest BCUT2D eigenvalue weighted by atomic mass is 9.68. The van der Waals surface area contributed by atoms with E-state index in [1.54, 1.807) is 29.6 Å². The van der Waals surface area contributed by atoms with E-state index in [1.165, 1.54) is 31.4 Å². The number of hydrogen-bond acceptors (Lipinski definition) is 7. The number of nitrogens with one attached hydrogen (secondary N) is 3. The van der Waals surface area contributed by atoms with Gasteiger partial charge in [-0.1, -0.05) is 18.2 Å². The lowest BCUT2D eigenvalue weighted by Crippen LogP contribution is -2.57. The molecule has 2 amide bonds. The fourth-order valence-electron chi connectivity index (χ4n) is 6.71. The average molecular weight is 635 g/mol. The summed E-state index contributed by atoms with van der Waals surface area (Å²) < 4.78 is 66.8. The first kappa shape index (κ1) is 32.3. The zero-order chi connectivity index (χ0) is 31.4. The Morgan fingerprint density at radius 1 is 1.11 bits per heavy atom. The number of fused-ring (bicyclic) bond motifs is 2. The summed E-state index contributed by atoms with van der Waals surface area (Å²) in [5, 5.41) is 8.90. The third kappa shape index (κ3) is 7.22. The fraction of sp³-hybridized carbons (Fsp3) is 0.548. The first-order valence-corrected chi connectivity index (χ1v) is 16.6. The van der Waals surface area contributed by atoms with E-state index in [1.807, 2.05) is 0 Å². The Labute approximate surface area is 256 Å². The van der Waals surface area contributed by atoms with Gasteiger partial charge in [-0.25, -0.2) is 22.0 Å². The van der Waals surface area contributed by atoms with Crippen molar-refractivity contribution in [1.29, 1.82) is 0 Å². The number of ether oxygens (including phenoxy) is 2. The number of piperazine rings is 1. The highest BCUT2D eigenvalue weighted by Gasteiger charge is 2.43. The molecule has 13 heteroatoms. The van der Waals surface area contributed by atoms with Crippen LogP contribution in [-0.4, -0.2) is 82.0 Å². The molecular weight excluding hydrogens is 594 g/mol. The maximum atomic E-state index is 15.3. The van der Waals surface area contributed by atoms with Gasteiger partial charge in [0.2, 0.25) is 15.9 Å². The van der Waals surface area contributed by atoms with E-state index in [4.69, 9.17) is 9.47 Å². The Hall–Kier alpha value is -3.13. The maximum Gasteiger partial charge on any atom is 0.407 e. The Balaban J connectivity index is 1.39. The van der Waals surface area contributed by atoms with Gasteiger partial charge < -0.3 is 25.4 Å². The Kier molecular flexibility index (Phi) is 10.2. The number of carbonyl (C=O) groups is 2. The minimum absolute atomic E-state index is 0.00261. The second kappa shape index (κ2) is 13.9. The molecule has 5 rings (SSSR count). The molecule has 0 radical (unpaired) electrons. The predicted molar refractivity (Wildman–Crippen MR) is 161 cm³/mol. The number of carbonyl (C=O) groups excluding carboxylic acids is 2. The summed E-state index contributed by atoms with van der Waals surface area (Å²) in [4.78, 5) is 26.4. The second-order valence-electron chi connectivity index (χ2n) is 11.9. The predicted octanol–water partition coefficient (Wildman–Crippen LogP) is 3.54. The Morgan fingerprint density at radius 3 is 2.57 bits per heavy atom. The molecule has 1 unspecified atom stereocenters. The van der Waals surface area contributed by atoms with Crippen molar-refractivity contribution in [1.82, 2.24) is 14.9 Å². The molecule has 2 heterocycles. The standard InChI is InChI=1S/C31H40F2N4O6S/c1-42-24-15-20(16-24)28(19-8-10-21(32)11-9-19)29(36-31(39)43-2)30(38)35-27-7-3-6-26(33)25(27)13-12-23-17-34-22-5-4-14-44(40,41)37(23)18-22/h3,6-11,20,22-24,28-29,34H,4-5,12-18H2,1-2H3,(H,35,38)(H,36,39)/t20-,22-,23+,24+,28+,29+/m1/s1.